The average Bonchev–Trinajstić information content (AvgIpc) is 3.66. The molecule has 4 aromatic rings. The molecular weight excluding hydrogens is 559 g/mol. The Balaban J connectivity index is 1.18. The van der Waals surface area contributed by atoms with Gasteiger partial charge in [-0.15, -0.1) is 45.9 Å². The summed E-state index contributed by atoms with van der Waals surface area (Å²) >= 11 is 15.8. The van der Waals surface area contributed by atoms with Gasteiger partial charge >= 0.3 is 0 Å². The van der Waals surface area contributed by atoms with Gasteiger partial charge in [0.2, 0.25) is 11.8 Å². The number of phenols is 1. The molecule has 1 N–H and O–H groups in total. The van der Waals surface area contributed by atoms with Gasteiger partial charge in [-0.1, -0.05) is 0 Å². The summed E-state index contributed by atoms with van der Waals surface area (Å²) in [5.41, 5.74) is 6.10. The van der Waals surface area contributed by atoms with E-state index in [1.54, 1.807) is 22.3 Å². The average molecular weight is 587 g/mol. The lowest BCUT2D eigenvalue weighted by Crippen LogP contribution is -2.32. The van der Waals surface area contributed by atoms with Crippen LogP contribution in [0.1, 0.15) is 53.4 Å². The van der Waals surface area contributed by atoms with Gasteiger partial charge in [-0.05, 0) is 59.3 Å². The van der Waals surface area contributed by atoms with Gasteiger partial charge in [-0.3, -0.25) is 9.59 Å². The molecule has 2 aromatic carbocycles. The number of phenolic OH excluding ortho intramolecular Hbond substituents is 1. The van der Waals surface area contributed by atoms with Crippen molar-refractivity contribution >= 4 is 89.2 Å². The monoisotopic (exact) mass is 585 g/mol. The van der Waals surface area contributed by atoms with Crippen molar-refractivity contribution in [2.24, 2.45) is 0 Å². The summed E-state index contributed by atoms with van der Waals surface area (Å²) in [6.45, 7) is 5.15. The summed E-state index contributed by atoms with van der Waals surface area (Å²) in [6, 6.07) is 6.95. The molecule has 5 nitrogen and oxygen atoms in total. The number of hydrogen-bond acceptors (Lipinski definition) is 5. The number of aryl methyl sites for hydroxylation is 2. The highest BCUT2D eigenvalue weighted by Crippen LogP contribution is 2.49. The minimum absolute atomic E-state index is 0.000932. The number of rotatable bonds is 6. The summed E-state index contributed by atoms with van der Waals surface area (Å²) < 4.78 is 1.93. The van der Waals surface area contributed by atoms with Crippen LogP contribution in [0.3, 0.4) is 0 Å². The van der Waals surface area contributed by atoms with E-state index >= 15 is 0 Å². The van der Waals surface area contributed by atoms with Crippen molar-refractivity contribution < 1.29 is 14.7 Å². The molecule has 0 aliphatic carbocycles. The zero-order valence-corrected chi connectivity index (χ0v) is 24.3. The van der Waals surface area contributed by atoms with Crippen molar-refractivity contribution in [3.05, 3.63) is 51.2 Å². The molecule has 2 aliphatic heterocycles. The van der Waals surface area contributed by atoms with E-state index in [0.717, 1.165) is 42.9 Å². The van der Waals surface area contributed by atoms with Crippen LogP contribution in [0.2, 0.25) is 0 Å². The molecule has 2 aliphatic rings. The van der Waals surface area contributed by atoms with Crippen LogP contribution in [0.25, 0.3) is 20.2 Å². The number of anilines is 2. The third-order valence-electron chi connectivity index (χ3n) is 7.85. The molecule has 1 radical (unpaired) electrons. The third kappa shape index (κ3) is 4.01. The zero-order chi connectivity index (χ0) is 26.7. The fourth-order valence-corrected chi connectivity index (χ4v) is 8.48. The number of fused-ring (bicyclic) bond motifs is 6. The smallest absolute Gasteiger partial charge is 0.227 e. The summed E-state index contributed by atoms with van der Waals surface area (Å²) in [4.78, 5) is 30.2. The van der Waals surface area contributed by atoms with E-state index in [1.165, 1.54) is 22.3 Å². The number of alkyl halides is 2. The lowest BCUT2D eigenvalue weighted by molar-refractivity contribution is -0.119. The maximum Gasteiger partial charge on any atom is 0.227 e. The van der Waals surface area contributed by atoms with Crippen LogP contribution < -0.4 is 9.80 Å². The Morgan fingerprint density at radius 3 is 2.18 bits per heavy atom. The number of halogens is 2. The summed E-state index contributed by atoms with van der Waals surface area (Å²) in [6.07, 6.45) is 0.964. The molecule has 0 saturated carbocycles. The quantitative estimate of drug-likeness (QED) is 0.239. The van der Waals surface area contributed by atoms with Crippen molar-refractivity contribution in [3.8, 4) is 5.75 Å². The van der Waals surface area contributed by atoms with Gasteiger partial charge in [-0.2, -0.15) is 0 Å². The van der Waals surface area contributed by atoms with E-state index in [2.05, 4.69) is 18.4 Å². The Hall–Kier alpha value is -2.32. The van der Waals surface area contributed by atoms with Crippen molar-refractivity contribution in [1.29, 1.82) is 0 Å². The molecule has 6 rings (SSSR count). The predicted octanol–water partition coefficient (Wildman–Crippen LogP) is 7.45. The second-order valence-electron chi connectivity index (χ2n) is 10.2. The number of thiophene rings is 2. The standard InChI is InChI=1S/C29H27Cl2N2O3S2/c1-15-13-37-22-7-6-19-27(25(15)22)17(9-30)11-32(19)23(35)4-3-5-24(36)33-12-18(10-31)28-20(33)8-21(34)29-26(28)16(2)14-38-29/h6,8,13-14,17-18,34H,3-5,9-12H2,1-2H3/t17-,18-/m1/s1. The molecule has 2 amide bonds. The van der Waals surface area contributed by atoms with Crippen LogP contribution >= 0.6 is 45.9 Å². The minimum Gasteiger partial charge on any atom is -0.506 e. The second-order valence-corrected chi connectivity index (χ2v) is 12.6. The summed E-state index contributed by atoms with van der Waals surface area (Å²) in [5.74, 6) is 1.08. The van der Waals surface area contributed by atoms with E-state index < -0.39 is 0 Å². The second kappa shape index (κ2) is 10.0. The molecular formula is C29H27Cl2N2O3S2. The van der Waals surface area contributed by atoms with Gasteiger partial charge < -0.3 is 14.9 Å². The lowest BCUT2D eigenvalue weighted by Gasteiger charge is -2.20. The highest BCUT2D eigenvalue weighted by atomic mass is 35.5. The van der Waals surface area contributed by atoms with Crippen molar-refractivity contribution in [1.82, 2.24) is 0 Å². The fourth-order valence-electron chi connectivity index (χ4n) is 6.07. The molecule has 0 spiro atoms. The molecule has 9 heteroatoms. The number of hydrogen-bond donors (Lipinski definition) is 1. The van der Waals surface area contributed by atoms with Crippen molar-refractivity contribution in [2.75, 3.05) is 34.6 Å². The number of amides is 2. The molecule has 0 unspecified atom stereocenters. The first-order valence-electron chi connectivity index (χ1n) is 12.7. The van der Waals surface area contributed by atoms with Gasteiger partial charge in [0, 0.05) is 82.8 Å². The fraction of sp³-hybridized carbons (Fsp3) is 0.379. The summed E-state index contributed by atoms with van der Waals surface area (Å²) in [7, 11) is 0. The van der Waals surface area contributed by atoms with Crippen molar-refractivity contribution in [3.63, 3.8) is 0 Å². The van der Waals surface area contributed by atoms with Crippen LogP contribution in [0.4, 0.5) is 11.4 Å². The minimum atomic E-state index is -0.0531. The Kier molecular flexibility index (Phi) is 6.83. The van der Waals surface area contributed by atoms with E-state index in [4.69, 9.17) is 23.2 Å². The molecule has 4 heterocycles. The number of aromatic hydroxyl groups is 1. The number of benzene rings is 2. The number of carbonyl (C=O) groups excluding carboxylic acids is 2. The summed E-state index contributed by atoms with van der Waals surface area (Å²) in [5, 5.41) is 17.0. The van der Waals surface area contributed by atoms with Crippen molar-refractivity contribution in [2.45, 2.75) is 44.9 Å². The first-order valence-corrected chi connectivity index (χ1v) is 15.6. The Morgan fingerprint density at radius 2 is 1.53 bits per heavy atom. The van der Waals surface area contributed by atoms with Gasteiger partial charge in [0.15, 0.2) is 0 Å². The molecule has 197 valence electrons. The van der Waals surface area contributed by atoms with Crippen LogP contribution in [0.5, 0.6) is 5.75 Å². The van der Waals surface area contributed by atoms with Gasteiger partial charge in [-0.25, -0.2) is 0 Å². The Bertz CT molecular complexity index is 1590. The highest BCUT2D eigenvalue weighted by molar-refractivity contribution is 7.18. The third-order valence-corrected chi connectivity index (χ3v) is 10.7. The van der Waals surface area contributed by atoms with Gasteiger partial charge in [0.05, 0.1) is 10.4 Å². The first kappa shape index (κ1) is 25.9. The normalized spacial score (nSPS) is 18.5. The Morgan fingerprint density at radius 1 is 0.947 bits per heavy atom. The SMILES string of the molecule is Cc1csc2[c]cc3c(c12)[C@H](CCl)CN3C(=O)CCCC(=O)N1C[C@@H](CCl)c2c1cc(O)c1scc(C)c21. The van der Waals surface area contributed by atoms with E-state index in [9.17, 15) is 14.7 Å². The van der Waals surface area contributed by atoms with Crippen LogP contribution in [-0.2, 0) is 9.59 Å². The largest absolute Gasteiger partial charge is 0.506 e. The van der Waals surface area contributed by atoms with E-state index in [1.807, 2.05) is 23.3 Å². The van der Waals surface area contributed by atoms with E-state index in [-0.39, 0.29) is 42.2 Å². The number of nitrogens with zero attached hydrogens (tertiary/aromatic N) is 2. The molecule has 0 fully saturated rings. The van der Waals surface area contributed by atoms with Gasteiger partial charge in [0.25, 0.3) is 0 Å². The molecule has 38 heavy (non-hydrogen) atoms. The van der Waals surface area contributed by atoms with Crippen LogP contribution in [0.15, 0.2) is 22.9 Å². The number of carbonyl (C=O) groups is 2. The van der Waals surface area contributed by atoms with E-state index in [0.29, 0.717) is 31.3 Å². The zero-order valence-electron chi connectivity index (χ0n) is 21.1. The maximum absolute atomic E-state index is 13.4. The molecule has 2 atom stereocenters. The van der Waals surface area contributed by atoms with Crippen LogP contribution in [-0.4, -0.2) is 41.8 Å². The van der Waals surface area contributed by atoms with Gasteiger partial charge in [0.1, 0.15) is 5.75 Å². The first-order chi connectivity index (χ1) is 18.3. The topological polar surface area (TPSA) is 60.9 Å². The molecule has 0 saturated heterocycles. The highest BCUT2D eigenvalue weighted by Gasteiger charge is 2.36. The lowest BCUT2D eigenvalue weighted by atomic mass is 9.97. The molecule has 2 aromatic heterocycles. The molecule has 0 bridgehead atoms. The Labute approximate surface area is 239 Å². The maximum atomic E-state index is 13.4. The van der Waals surface area contributed by atoms with Crippen LogP contribution in [0, 0.1) is 19.9 Å². The predicted molar refractivity (Wildman–Crippen MR) is 159 cm³/mol.